The van der Waals surface area contributed by atoms with Crippen molar-refractivity contribution >= 4 is 23.4 Å². The quantitative estimate of drug-likeness (QED) is 0.874. The minimum Gasteiger partial charge on any atom is -0.392 e. The second-order valence-electron chi connectivity index (χ2n) is 6.86. The normalized spacial score (nSPS) is 22.7. The van der Waals surface area contributed by atoms with E-state index < -0.39 is 23.8 Å². The van der Waals surface area contributed by atoms with Crippen LogP contribution in [0, 0.1) is 11.6 Å². The molecule has 0 unspecified atom stereocenters. The van der Waals surface area contributed by atoms with E-state index in [1.165, 1.54) is 0 Å². The number of anilines is 1. The van der Waals surface area contributed by atoms with Gasteiger partial charge in [0.25, 0.3) is 0 Å². The highest BCUT2D eigenvalue weighted by molar-refractivity contribution is 7.99. The number of hydrogen-bond donors (Lipinski definition) is 1. The van der Waals surface area contributed by atoms with E-state index in [1.54, 1.807) is 21.6 Å². The SMILES string of the molecule is O=C(CN1C[C@@H](O)C[C@@H]1c1cc(F)ccc1F)N1CCSc2ccccc21. The molecule has 27 heavy (non-hydrogen) atoms. The summed E-state index contributed by atoms with van der Waals surface area (Å²) in [7, 11) is 0. The molecule has 2 aromatic rings. The van der Waals surface area contributed by atoms with Gasteiger partial charge in [0.1, 0.15) is 11.6 Å². The first-order valence-corrected chi connectivity index (χ1v) is 9.91. The molecule has 2 aliphatic rings. The standard InChI is InChI=1S/C20H20F2N2O2S/c21-13-5-6-16(22)15(9-13)18-10-14(25)11-23(18)12-20(26)24-7-8-27-19-4-2-1-3-17(19)24/h1-6,9,14,18,25H,7-8,10-12H2/t14-,18+/m0/s1. The number of para-hydroxylation sites is 1. The Morgan fingerprint density at radius 2 is 2.04 bits per heavy atom. The van der Waals surface area contributed by atoms with Crippen molar-refractivity contribution in [3.8, 4) is 0 Å². The Labute approximate surface area is 160 Å². The molecule has 2 heterocycles. The molecule has 0 aliphatic carbocycles. The predicted octanol–water partition coefficient (Wildman–Crippen LogP) is 3.21. The third kappa shape index (κ3) is 3.72. The number of nitrogens with zero attached hydrogens (tertiary/aromatic N) is 2. The van der Waals surface area contributed by atoms with Crippen LogP contribution in [0.4, 0.5) is 14.5 Å². The number of benzene rings is 2. The van der Waals surface area contributed by atoms with Gasteiger partial charge in [-0.3, -0.25) is 9.69 Å². The Hall–Kier alpha value is -1.96. The summed E-state index contributed by atoms with van der Waals surface area (Å²) in [5.74, 6) is -0.333. The molecule has 4 nitrogen and oxygen atoms in total. The van der Waals surface area contributed by atoms with Crippen molar-refractivity contribution in [1.29, 1.82) is 0 Å². The zero-order valence-corrected chi connectivity index (χ0v) is 15.5. The van der Waals surface area contributed by atoms with Crippen LogP contribution in [0.2, 0.25) is 0 Å². The summed E-state index contributed by atoms with van der Waals surface area (Å²) < 4.78 is 27.9. The molecular formula is C20H20F2N2O2S. The summed E-state index contributed by atoms with van der Waals surface area (Å²) in [5.41, 5.74) is 1.07. The van der Waals surface area contributed by atoms with Crippen molar-refractivity contribution < 1.29 is 18.7 Å². The molecule has 2 atom stereocenters. The van der Waals surface area contributed by atoms with Crippen LogP contribution in [0.3, 0.4) is 0 Å². The zero-order valence-electron chi connectivity index (χ0n) is 14.6. The van der Waals surface area contributed by atoms with E-state index in [2.05, 4.69) is 0 Å². The summed E-state index contributed by atoms with van der Waals surface area (Å²) in [5, 5.41) is 10.1. The molecule has 0 bridgehead atoms. The number of hydrogen-bond acceptors (Lipinski definition) is 4. The fourth-order valence-corrected chi connectivity index (χ4v) is 4.83. The number of carbonyl (C=O) groups is 1. The topological polar surface area (TPSA) is 43.8 Å². The van der Waals surface area contributed by atoms with E-state index in [9.17, 15) is 18.7 Å². The molecule has 0 aromatic heterocycles. The number of carbonyl (C=O) groups excluding carboxylic acids is 1. The molecule has 4 rings (SSSR count). The molecule has 142 valence electrons. The molecule has 2 aromatic carbocycles. The number of aliphatic hydroxyl groups is 1. The minimum atomic E-state index is -0.672. The van der Waals surface area contributed by atoms with Gasteiger partial charge in [0, 0.05) is 35.3 Å². The predicted molar refractivity (Wildman–Crippen MR) is 101 cm³/mol. The fourth-order valence-electron chi connectivity index (χ4n) is 3.84. The largest absolute Gasteiger partial charge is 0.392 e. The van der Waals surface area contributed by atoms with Gasteiger partial charge < -0.3 is 10.0 Å². The molecule has 1 amide bonds. The first kappa shape index (κ1) is 18.4. The lowest BCUT2D eigenvalue weighted by Crippen LogP contribution is -2.43. The monoisotopic (exact) mass is 390 g/mol. The lowest BCUT2D eigenvalue weighted by atomic mass is 10.0. The Morgan fingerprint density at radius 3 is 2.89 bits per heavy atom. The van der Waals surface area contributed by atoms with Crippen LogP contribution in [0.15, 0.2) is 47.4 Å². The van der Waals surface area contributed by atoms with Crippen molar-refractivity contribution in [2.45, 2.75) is 23.5 Å². The van der Waals surface area contributed by atoms with Crippen LogP contribution >= 0.6 is 11.8 Å². The van der Waals surface area contributed by atoms with Crippen LogP contribution < -0.4 is 4.90 Å². The fraction of sp³-hybridized carbons (Fsp3) is 0.350. The number of thioether (sulfide) groups is 1. The van der Waals surface area contributed by atoms with Gasteiger partial charge in [-0.05, 0) is 36.8 Å². The highest BCUT2D eigenvalue weighted by Crippen LogP contribution is 2.36. The van der Waals surface area contributed by atoms with Crippen molar-refractivity contribution in [2.75, 3.05) is 30.3 Å². The third-order valence-corrected chi connectivity index (χ3v) is 6.11. The third-order valence-electron chi connectivity index (χ3n) is 5.07. The molecule has 1 fully saturated rings. The van der Waals surface area contributed by atoms with E-state index in [4.69, 9.17) is 0 Å². The van der Waals surface area contributed by atoms with Crippen LogP contribution in [-0.4, -0.2) is 47.4 Å². The Morgan fingerprint density at radius 1 is 1.22 bits per heavy atom. The maximum Gasteiger partial charge on any atom is 0.241 e. The lowest BCUT2D eigenvalue weighted by Gasteiger charge is -2.32. The molecule has 7 heteroatoms. The van der Waals surface area contributed by atoms with Gasteiger partial charge >= 0.3 is 0 Å². The maximum atomic E-state index is 14.2. The van der Waals surface area contributed by atoms with Gasteiger partial charge in [-0.25, -0.2) is 8.78 Å². The van der Waals surface area contributed by atoms with Gasteiger partial charge in [0.2, 0.25) is 5.91 Å². The van der Waals surface area contributed by atoms with Crippen molar-refractivity contribution in [3.05, 3.63) is 59.7 Å². The van der Waals surface area contributed by atoms with Crippen LogP contribution in [0.5, 0.6) is 0 Å². The van der Waals surface area contributed by atoms with Crippen LogP contribution in [0.1, 0.15) is 18.0 Å². The highest BCUT2D eigenvalue weighted by Gasteiger charge is 2.36. The number of β-amino-alcohol motifs (C(OH)–C–C–N with tert-alkyl or cyclic N) is 1. The highest BCUT2D eigenvalue weighted by atomic mass is 32.2. The van der Waals surface area contributed by atoms with Gasteiger partial charge in [-0.1, -0.05) is 12.1 Å². The minimum absolute atomic E-state index is 0.0523. The Balaban J connectivity index is 1.56. The number of likely N-dealkylation sites (tertiary alicyclic amines) is 1. The van der Waals surface area contributed by atoms with Crippen molar-refractivity contribution in [1.82, 2.24) is 4.90 Å². The van der Waals surface area contributed by atoms with Gasteiger partial charge in [-0.15, -0.1) is 11.8 Å². The molecule has 0 saturated carbocycles. The molecule has 0 radical (unpaired) electrons. The van der Waals surface area contributed by atoms with E-state index >= 15 is 0 Å². The van der Waals surface area contributed by atoms with E-state index in [0.717, 1.165) is 34.5 Å². The summed E-state index contributed by atoms with van der Waals surface area (Å²) in [4.78, 5) is 17.5. The summed E-state index contributed by atoms with van der Waals surface area (Å²) in [6.07, 6.45) is -0.394. The van der Waals surface area contributed by atoms with Gasteiger partial charge in [0.15, 0.2) is 0 Å². The maximum absolute atomic E-state index is 14.2. The molecule has 1 saturated heterocycles. The number of fused-ring (bicyclic) bond motifs is 1. The van der Waals surface area contributed by atoms with Crippen molar-refractivity contribution in [3.63, 3.8) is 0 Å². The second-order valence-corrected chi connectivity index (χ2v) is 8.00. The number of amides is 1. The summed E-state index contributed by atoms with van der Waals surface area (Å²) in [6, 6.07) is 10.5. The number of aliphatic hydroxyl groups excluding tert-OH is 1. The Kier molecular flexibility index (Phi) is 5.16. The zero-order chi connectivity index (χ0) is 19.0. The number of halogens is 2. The smallest absolute Gasteiger partial charge is 0.241 e. The van der Waals surface area contributed by atoms with Crippen LogP contribution in [-0.2, 0) is 4.79 Å². The lowest BCUT2D eigenvalue weighted by molar-refractivity contribution is -0.120. The first-order chi connectivity index (χ1) is 13.0. The Bertz CT molecular complexity index is 864. The molecule has 1 N–H and O–H groups in total. The van der Waals surface area contributed by atoms with E-state index in [-0.39, 0.29) is 31.0 Å². The summed E-state index contributed by atoms with van der Waals surface area (Å²) >= 11 is 1.72. The molecule has 0 spiro atoms. The van der Waals surface area contributed by atoms with Crippen molar-refractivity contribution in [2.24, 2.45) is 0 Å². The van der Waals surface area contributed by atoms with E-state index in [0.29, 0.717) is 6.54 Å². The summed E-state index contributed by atoms with van der Waals surface area (Å²) in [6.45, 7) is 0.920. The molecular weight excluding hydrogens is 370 g/mol. The van der Waals surface area contributed by atoms with E-state index in [1.807, 2.05) is 24.3 Å². The average molecular weight is 390 g/mol. The average Bonchev–Trinajstić information content (AvgIpc) is 3.03. The second kappa shape index (κ2) is 7.58. The first-order valence-electron chi connectivity index (χ1n) is 8.92. The van der Waals surface area contributed by atoms with Crippen LogP contribution in [0.25, 0.3) is 0 Å². The molecule has 2 aliphatic heterocycles. The number of rotatable bonds is 3. The van der Waals surface area contributed by atoms with Gasteiger partial charge in [0.05, 0.1) is 18.3 Å². The van der Waals surface area contributed by atoms with Gasteiger partial charge in [-0.2, -0.15) is 0 Å².